The number of H-pyrrole nitrogens is 2. The Kier molecular flexibility index (Phi) is 5.00. The van der Waals surface area contributed by atoms with Crippen molar-refractivity contribution < 1.29 is 4.74 Å². The number of aromatic nitrogens is 6. The third-order valence-corrected chi connectivity index (χ3v) is 6.30. The number of hydrogen-bond acceptors (Lipinski definition) is 7. The number of ether oxygens (including phenoxy) is 1. The SMILES string of the molecule is COc1cnc(-c2ccc3cc(-c4nccs4)[nH]c3c2)nc1Nc1ccc(-c2cn[nH]c2)cc1. The molecule has 0 aliphatic heterocycles. The first-order valence-electron chi connectivity index (χ1n) is 10.6. The van der Waals surface area contributed by atoms with Crippen molar-refractivity contribution in [3.8, 4) is 39.0 Å². The van der Waals surface area contributed by atoms with Crippen molar-refractivity contribution in [2.24, 2.45) is 0 Å². The molecule has 0 saturated heterocycles. The van der Waals surface area contributed by atoms with Crippen molar-refractivity contribution in [1.82, 2.24) is 30.1 Å². The smallest absolute Gasteiger partial charge is 0.179 e. The molecule has 3 N–H and O–H groups in total. The predicted octanol–water partition coefficient (Wildman–Crippen LogP) is 5.89. The van der Waals surface area contributed by atoms with Crippen molar-refractivity contribution in [2.45, 2.75) is 0 Å². The molecule has 0 saturated carbocycles. The fourth-order valence-corrected chi connectivity index (χ4v) is 4.39. The number of thiazole rings is 1. The van der Waals surface area contributed by atoms with Gasteiger partial charge in [-0.1, -0.05) is 24.3 Å². The number of anilines is 2. The van der Waals surface area contributed by atoms with Gasteiger partial charge in [0.25, 0.3) is 0 Å². The molecule has 9 heteroatoms. The summed E-state index contributed by atoms with van der Waals surface area (Å²) < 4.78 is 5.49. The van der Waals surface area contributed by atoms with Gasteiger partial charge >= 0.3 is 0 Å². The van der Waals surface area contributed by atoms with Crippen molar-refractivity contribution in [1.29, 1.82) is 0 Å². The van der Waals surface area contributed by atoms with E-state index >= 15 is 0 Å². The van der Waals surface area contributed by atoms with Crippen LogP contribution in [0.15, 0.2) is 78.7 Å². The van der Waals surface area contributed by atoms with Crippen LogP contribution in [-0.2, 0) is 0 Å². The molecule has 0 aliphatic rings. The van der Waals surface area contributed by atoms with Gasteiger partial charge in [-0.3, -0.25) is 5.10 Å². The van der Waals surface area contributed by atoms with Crippen LogP contribution in [0.1, 0.15) is 0 Å². The molecule has 8 nitrogen and oxygen atoms in total. The first-order valence-corrected chi connectivity index (χ1v) is 11.4. The van der Waals surface area contributed by atoms with Crippen LogP contribution in [0, 0.1) is 0 Å². The second kappa shape index (κ2) is 8.45. The lowest BCUT2D eigenvalue weighted by atomic mass is 10.1. The van der Waals surface area contributed by atoms with E-state index in [0.717, 1.165) is 44.0 Å². The first kappa shape index (κ1) is 20.1. The zero-order chi connectivity index (χ0) is 22.9. The summed E-state index contributed by atoms with van der Waals surface area (Å²) in [4.78, 5) is 17.1. The van der Waals surface area contributed by atoms with Crippen LogP contribution in [0.3, 0.4) is 0 Å². The van der Waals surface area contributed by atoms with E-state index in [-0.39, 0.29) is 0 Å². The summed E-state index contributed by atoms with van der Waals surface area (Å²) in [6.07, 6.45) is 7.15. The third kappa shape index (κ3) is 3.78. The van der Waals surface area contributed by atoms with Crippen molar-refractivity contribution in [2.75, 3.05) is 12.4 Å². The van der Waals surface area contributed by atoms with Crippen LogP contribution < -0.4 is 10.1 Å². The number of methoxy groups -OCH3 is 1. The summed E-state index contributed by atoms with van der Waals surface area (Å²) in [5, 5.41) is 14.2. The molecule has 0 amide bonds. The average Bonchev–Trinajstić information content (AvgIpc) is 3.65. The highest BCUT2D eigenvalue weighted by Crippen LogP contribution is 2.31. The number of nitrogens with zero attached hydrogens (tertiary/aromatic N) is 4. The van der Waals surface area contributed by atoms with Gasteiger partial charge in [0.15, 0.2) is 17.4 Å². The molecule has 166 valence electrons. The summed E-state index contributed by atoms with van der Waals surface area (Å²) in [7, 11) is 1.61. The van der Waals surface area contributed by atoms with Crippen LogP contribution in [0.25, 0.3) is 44.1 Å². The molecule has 4 heterocycles. The molecule has 0 bridgehead atoms. The molecule has 34 heavy (non-hydrogen) atoms. The summed E-state index contributed by atoms with van der Waals surface area (Å²) in [5.74, 6) is 1.76. The Balaban J connectivity index is 1.31. The van der Waals surface area contributed by atoms with Gasteiger partial charge in [0.1, 0.15) is 5.01 Å². The standard InChI is InChI=1S/C25H19N7OS/c1-33-22-14-27-23(17-3-2-16-10-21(31-20(16)11-17)25-26-8-9-34-25)32-24(22)30-19-6-4-15(5-7-19)18-12-28-29-13-18/h2-14,31H,1H3,(H,28,29)(H,27,30,32). The van der Waals surface area contributed by atoms with E-state index in [1.165, 1.54) is 0 Å². The molecule has 4 aromatic heterocycles. The maximum atomic E-state index is 5.49. The normalized spacial score (nSPS) is 11.1. The second-order valence-corrected chi connectivity index (χ2v) is 8.52. The Morgan fingerprint density at radius 3 is 2.59 bits per heavy atom. The number of aromatic amines is 2. The summed E-state index contributed by atoms with van der Waals surface area (Å²) in [6.45, 7) is 0. The topological polar surface area (TPSA) is 104 Å². The number of rotatable bonds is 6. The van der Waals surface area contributed by atoms with Gasteiger partial charge in [0.2, 0.25) is 0 Å². The van der Waals surface area contributed by atoms with Crippen LogP contribution in [0.4, 0.5) is 11.5 Å². The molecule has 0 fully saturated rings. The molecular formula is C25H19N7OS. The van der Waals surface area contributed by atoms with E-state index < -0.39 is 0 Å². The Morgan fingerprint density at radius 1 is 0.941 bits per heavy atom. The molecular weight excluding hydrogens is 446 g/mol. The van der Waals surface area contributed by atoms with Gasteiger partial charge in [0, 0.05) is 45.5 Å². The molecule has 6 rings (SSSR count). The maximum Gasteiger partial charge on any atom is 0.179 e. The fourth-order valence-electron chi connectivity index (χ4n) is 3.78. The Hall–Kier alpha value is -4.50. The van der Waals surface area contributed by atoms with Gasteiger partial charge in [0.05, 0.1) is 25.2 Å². The molecule has 0 aliphatic carbocycles. The van der Waals surface area contributed by atoms with Crippen molar-refractivity contribution >= 4 is 33.7 Å². The lowest BCUT2D eigenvalue weighted by Crippen LogP contribution is -2.00. The van der Waals surface area contributed by atoms with Gasteiger partial charge in [-0.25, -0.2) is 15.0 Å². The van der Waals surface area contributed by atoms with Gasteiger partial charge in [-0.05, 0) is 29.8 Å². The first-order chi connectivity index (χ1) is 16.8. The highest BCUT2D eigenvalue weighted by atomic mass is 32.1. The minimum absolute atomic E-state index is 0.565. The van der Waals surface area contributed by atoms with Gasteiger partial charge in [-0.15, -0.1) is 11.3 Å². The number of hydrogen-bond donors (Lipinski definition) is 3. The third-order valence-electron chi connectivity index (χ3n) is 5.50. The molecule has 0 unspecified atom stereocenters. The largest absolute Gasteiger partial charge is 0.491 e. The van der Waals surface area contributed by atoms with Crippen LogP contribution >= 0.6 is 11.3 Å². The van der Waals surface area contributed by atoms with Crippen LogP contribution in [0.5, 0.6) is 5.75 Å². The lowest BCUT2D eigenvalue weighted by molar-refractivity contribution is 0.413. The highest BCUT2D eigenvalue weighted by molar-refractivity contribution is 7.13. The summed E-state index contributed by atoms with van der Waals surface area (Å²) >= 11 is 1.60. The fraction of sp³-hybridized carbons (Fsp3) is 0.0400. The van der Waals surface area contributed by atoms with Crippen LogP contribution in [-0.4, -0.2) is 37.2 Å². The van der Waals surface area contributed by atoms with E-state index in [1.807, 2.05) is 48.1 Å². The summed E-state index contributed by atoms with van der Waals surface area (Å²) in [5.41, 5.74) is 5.91. The summed E-state index contributed by atoms with van der Waals surface area (Å²) in [6, 6.07) is 16.3. The van der Waals surface area contributed by atoms with Gasteiger partial charge in [-0.2, -0.15) is 5.10 Å². The second-order valence-electron chi connectivity index (χ2n) is 7.62. The van der Waals surface area contributed by atoms with E-state index in [0.29, 0.717) is 17.4 Å². The lowest BCUT2D eigenvalue weighted by Gasteiger charge is -2.12. The number of benzene rings is 2. The van der Waals surface area contributed by atoms with E-state index in [4.69, 9.17) is 9.72 Å². The minimum Gasteiger partial charge on any atom is -0.491 e. The molecule has 0 spiro atoms. The van der Waals surface area contributed by atoms with Crippen LogP contribution in [0.2, 0.25) is 0 Å². The molecule has 0 atom stereocenters. The molecule has 0 radical (unpaired) electrons. The van der Waals surface area contributed by atoms with Gasteiger partial charge < -0.3 is 15.0 Å². The van der Waals surface area contributed by atoms with E-state index in [2.05, 4.69) is 48.7 Å². The minimum atomic E-state index is 0.565. The van der Waals surface area contributed by atoms with E-state index in [9.17, 15) is 0 Å². The zero-order valence-corrected chi connectivity index (χ0v) is 18.9. The van der Waals surface area contributed by atoms with Crippen molar-refractivity contribution in [3.05, 3.63) is 78.7 Å². The monoisotopic (exact) mass is 465 g/mol. The quantitative estimate of drug-likeness (QED) is 0.283. The highest BCUT2D eigenvalue weighted by Gasteiger charge is 2.12. The zero-order valence-electron chi connectivity index (χ0n) is 18.1. The Morgan fingerprint density at radius 2 is 1.82 bits per heavy atom. The molecule has 2 aromatic carbocycles. The van der Waals surface area contributed by atoms with Crippen molar-refractivity contribution in [3.63, 3.8) is 0 Å². The Labute approximate surface area is 198 Å². The van der Waals surface area contributed by atoms with E-state index in [1.54, 1.807) is 30.8 Å². The predicted molar refractivity (Wildman–Crippen MR) is 134 cm³/mol. The average molecular weight is 466 g/mol. The number of fused-ring (bicyclic) bond motifs is 1. The maximum absolute atomic E-state index is 5.49. The Bertz CT molecular complexity index is 1560. The molecule has 6 aromatic rings. The number of nitrogens with one attached hydrogen (secondary N) is 3.